The van der Waals surface area contributed by atoms with Gasteiger partial charge in [0.25, 0.3) is 5.91 Å². The van der Waals surface area contributed by atoms with Gasteiger partial charge in [0.05, 0.1) is 11.0 Å². The number of rotatable bonds is 2. The molecule has 100 valence electrons. The van der Waals surface area contributed by atoms with Crippen LogP contribution in [0.1, 0.15) is 16.1 Å². The Morgan fingerprint density at radius 1 is 1.15 bits per heavy atom. The number of carbonyl (C=O) groups excluding carboxylic acids is 1. The van der Waals surface area contributed by atoms with Crippen molar-refractivity contribution in [3.63, 3.8) is 0 Å². The molecule has 0 aliphatic rings. The monoisotopic (exact) mass is 268 g/mol. The van der Waals surface area contributed by atoms with E-state index in [-0.39, 0.29) is 11.6 Å². The van der Waals surface area contributed by atoms with E-state index in [9.17, 15) is 9.59 Å². The highest BCUT2D eigenvalue weighted by atomic mass is 16.2. The number of hydrogen-bond donors (Lipinski definition) is 3. The van der Waals surface area contributed by atoms with Crippen LogP contribution in [0, 0.1) is 6.92 Å². The summed E-state index contributed by atoms with van der Waals surface area (Å²) in [6.07, 6.45) is 1.64. The van der Waals surface area contributed by atoms with E-state index in [0.29, 0.717) is 22.3 Å². The fourth-order valence-electron chi connectivity index (χ4n) is 2.00. The first-order chi connectivity index (χ1) is 9.61. The number of nitrogens with zero attached hydrogens (tertiary/aromatic N) is 1. The third-order valence-electron chi connectivity index (χ3n) is 2.93. The van der Waals surface area contributed by atoms with E-state index in [4.69, 9.17) is 0 Å². The molecule has 1 aromatic carbocycles. The first kappa shape index (κ1) is 12.2. The molecule has 0 aliphatic carbocycles. The van der Waals surface area contributed by atoms with Crippen LogP contribution in [0.2, 0.25) is 0 Å². The van der Waals surface area contributed by atoms with E-state index >= 15 is 0 Å². The largest absolute Gasteiger partial charge is 0.323 e. The highest BCUT2D eigenvalue weighted by Crippen LogP contribution is 2.13. The summed E-state index contributed by atoms with van der Waals surface area (Å²) in [7, 11) is 0. The van der Waals surface area contributed by atoms with Crippen molar-refractivity contribution in [1.82, 2.24) is 15.0 Å². The molecule has 0 saturated carbocycles. The zero-order valence-corrected chi connectivity index (χ0v) is 10.7. The Balaban J connectivity index is 1.90. The minimum absolute atomic E-state index is 0.237. The number of nitrogens with one attached hydrogen (secondary N) is 3. The number of aromatic nitrogens is 3. The number of H-pyrrole nitrogens is 2. The van der Waals surface area contributed by atoms with E-state index in [1.165, 1.54) is 0 Å². The molecule has 3 aromatic rings. The van der Waals surface area contributed by atoms with Crippen LogP contribution in [0.5, 0.6) is 0 Å². The Kier molecular flexibility index (Phi) is 2.83. The van der Waals surface area contributed by atoms with Gasteiger partial charge in [0.1, 0.15) is 0 Å². The topological polar surface area (TPSA) is 90.6 Å². The molecular formula is C14H12N4O2. The average molecular weight is 268 g/mol. The number of aromatic amines is 2. The van der Waals surface area contributed by atoms with Crippen LogP contribution in [-0.4, -0.2) is 20.9 Å². The first-order valence-corrected chi connectivity index (χ1v) is 6.08. The van der Waals surface area contributed by atoms with Gasteiger partial charge < -0.3 is 15.3 Å². The number of carbonyl (C=O) groups is 1. The molecule has 0 unspecified atom stereocenters. The summed E-state index contributed by atoms with van der Waals surface area (Å²) in [4.78, 5) is 32.6. The van der Waals surface area contributed by atoms with Crippen LogP contribution >= 0.6 is 0 Å². The summed E-state index contributed by atoms with van der Waals surface area (Å²) in [5, 5.41) is 2.79. The maximum atomic E-state index is 12.1. The minimum atomic E-state index is -0.290. The third kappa shape index (κ3) is 2.31. The number of fused-ring (bicyclic) bond motifs is 1. The van der Waals surface area contributed by atoms with Gasteiger partial charge in [-0.15, -0.1) is 0 Å². The van der Waals surface area contributed by atoms with Crippen molar-refractivity contribution < 1.29 is 4.79 Å². The molecule has 0 atom stereocenters. The van der Waals surface area contributed by atoms with Gasteiger partial charge in [-0.3, -0.25) is 9.78 Å². The van der Waals surface area contributed by atoms with Gasteiger partial charge in [0, 0.05) is 23.1 Å². The second kappa shape index (κ2) is 4.65. The van der Waals surface area contributed by atoms with Crippen molar-refractivity contribution in [2.45, 2.75) is 6.92 Å². The Hall–Kier alpha value is -2.89. The Morgan fingerprint density at radius 2 is 1.95 bits per heavy atom. The molecule has 2 aromatic heterocycles. The maximum Gasteiger partial charge on any atom is 0.323 e. The molecule has 6 nitrogen and oxygen atoms in total. The molecule has 0 bridgehead atoms. The summed E-state index contributed by atoms with van der Waals surface area (Å²) < 4.78 is 0. The van der Waals surface area contributed by atoms with Crippen molar-refractivity contribution in [3.8, 4) is 0 Å². The molecule has 0 radical (unpaired) electrons. The van der Waals surface area contributed by atoms with Crippen molar-refractivity contribution in [2.75, 3.05) is 5.32 Å². The standard InChI is InChI=1S/C14H12N4O2/c1-8-6-10(4-5-15-8)16-13(19)9-2-3-11-12(7-9)18-14(20)17-11/h2-7H,1H3,(H,15,16,19)(H2,17,18,20). The fraction of sp³-hybridized carbons (Fsp3) is 0.0714. The van der Waals surface area contributed by atoms with E-state index in [1.807, 2.05) is 6.92 Å². The van der Waals surface area contributed by atoms with Gasteiger partial charge in [-0.2, -0.15) is 0 Å². The SMILES string of the molecule is Cc1cc(NC(=O)c2ccc3[nH]c(=O)[nH]c3c2)ccn1. The lowest BCUT2D eigenvalue weighted by Crippen LogP contribution is -2.12. The highest BCUT2D eigenvalue weighted by molar-refractivity contribution is 6.05. The van der Waals surface area contributed by atoms with E-state index in [0.717, 1.165) is 5.69 Å². The Morgan fingerprint density at radius 3 is 2.75 bits per heavy atom. The zero-order chi connectivity index (χ0) is 14.1. The lowest BCUT2D eigenvalue weighted by Gasteiger charge is -2.05. The molecule has 2 heterocycles. The van der Waals surface area contributed by atoms with Gasteiger partial charge in [-0.25, -0.2) is 4.79 Å². The summed E-state index contributed by atoms with van der Waals surface area (Å²) >= 11 is 0. The Labute approximate surface area is 113 Å². The van der Waals surface area contributed by atoms with E-state index in [1.54, 1.807) is 36.5 Å². The summed E-state index contributed by atoms with van der Waals surface area (Å²) in [6, 6.07) is 8.50. The fourth-order valence-corrected chi connectivity index (χ4v) is 2.00. The molecule has 1 amide bonds. The summed E-state index contributed by atoms with van der Waals surface area (Å²) in [5.74, 6) is -0.237. The lowest BCUT2D eigenvalue weighted by molar-refractivity contribution is 0.102. The number of benzene rings is 1. The molecule has 0 spiro atoms. The predicted octanol–water partition coefficient (Wildman–Crippen LogP) is 1.81. The van der Waals surface area contributed by atoms with Gasteiger partial charge in [-0.1, -0.05) is 0 Å². The van der Waals surface area contributed by atoms with Crippen LogP contribution < -0.4 is 11.0 Å². The first-order valence-electron chi connectivity index (χ1n) is 6.08. The predicted molar refractivity (Wildman–Crippen MR) is 75.8 cm³/mol. The van der Waals surface area contributed by atoms with Gasteiger partial charge >= 0.3 is 5.69 Å². The molecule has 3 N–H and O–H groups in total. The maximum absolute atomic E-state index is 12.1. The summed E-state index contributed by atoms with van der Waals surface area (Å²) in [6.45, 7) is 1.85. The number of anilines is 1. The molecular weight excluding hydrogens is 256 g/mol. The van der Waals surface area contributed by atoms with Crippen LogP contribution in [0.15, 0.2) is 41.3 Å². The number of hydrogen-bond acceptors (Lipinski definition) is 3. The molecule has 3 rings (SSSR count). The smallest absolute Gasteiger partial charge is 0.322 e. The Bertz CT molecular complexity index is 848. The normalized spacial score (nSPS) is 10.7. The number of amides is 1. The van der Waals surface area contributed by atoms with Crippen molar-refractivity contribution >= 4 is 22.6 Å². The lowest BCUT2D eigenvalue weighted by atomic mass is 10.2. The number of imidazole rings is 1. The van der Waals surface area contributed by atoms with Crippen LogP contribution in [0.25, 0.3) is 11.0 Å². The second-order valence-corrected chi connectivity index (χ2v) is 4.48. The molecule has 0 aliphatic heterocycles. The number of pyridine rings is 1. The summed E-state index contributed by atoms with van der Waals surface area (Å²) in [5.41, 5.74) is 2.97. The zero-order valence-electron chi connectivity index (χ0n) is 10.7. The average Bonchev–Trinajstić information content (AvgIpc) is 2.77. The molecule has 20 heavy (non-hydrogen) atoms. The second-order valence-electron chi connectivity index (χ2n) is 4.48. The van der Waals surface area contributed by atoms with Gasteiger partial charge in [0.2, 0.25) is 0 Å². The minimum Gasteiger partial charge on any atom is -0.322 e. The van der Waals surface area contributed by atoms with Gasteiger partial charge in [-0.05, 0) is 37.3 Å². The van der Waals surface area contributed by atoms with E-state index < -0.39 is 0 Å². The van der Waals surface area contributed by atoms with Gasteiger partial charge in [0.15, 0.2) is 0 Å². The highest BCUT2D eigenvalue weighted by Gasteiger charge is 2.08. The van der Waals surface area contributed by atoms with Crippen LogP contribution in [-0.2, 0) is 0 Å². The van der Waals surface area contributed by atoms with Crippen molar-refractivity contribution in [2.24, 2.45) is 0 Å². The number of aryl methyl sites for hydroxylation is 1. The third-order valence-corrected chi connectivity index (χ3v) is 2.93. The van der Waals surface area contributed by atoms with Crippen LogP contribution in [0.3, 0.4) is 0 Å². The molecule has 0 fully saturated rings. The van der Waals surface area contributed by atoms with Crippen LogP contribution in [0.4, 0.5) is 5.69 Å². The van der Waals surface area contributed by atoms with Crippen molar-refractivity contribution in [3.05, 3.63) is 58.3 Å². The molecule has 0 saturated heterocycles. The van der Waals surface area contributed by atoms with Crippen molar-refractivity contribution in [1.29, 1.82) is 0 Å². The van der Waals surface area contributed by atoms with E-state index in [2.05, 4.69) is 20.3 Å². The quantitative estimate of drug-likeness (QED) is 0.662. The molecule has 6 heteroatoms.